The van der Waals surface area contributed by atoms with Gasteiger partial charge in [0.1, 0.15) is 0 Å². The van der Waals surface area contributed by atoms with Gasteiger partial charge in [0.05, 0.1) is 24.4 Å². The van der Waals surface area contributed by atoms with Crippen LogP contribution in [-0.4, -0.2) is 25.0 Å². The van der Waals surface area contributed by atoms with Crippen molar-refractivity contribution in [3.8, 4) is 11.5 Å². The Morgan fingerprint density at radius 1 is 1.09 bits per heavy atom. The lowest BCUT2D eigenvalue weighted by Gasteiger charge is -2.08. The minimum atomic E-state index is -0.154. The second-order valence-electron chi connectivity index (χ2n) is 4.53. The van der Waals surface area contributed by atoms with Crippen LogP contribution in [0.4, 0.5) is 0 Å². The number of hydrogen-bond donors (Lipinski definition) is 0. The molecule has 0 saturated heterocycles. The summed E-state index contributed by atoms with van der Waals surface area (Å²) in [7, 11) is 3.09. The highest BCUT2D eigenvalue weighted by Crippen LogP contribution is 2.30. The van der Waals surface area contributed by atoms with Crippen LogP contribution in [0.2, 0.25) is 5.02 Å². The van der Waals surface area contributed by atoms with Gasteiger partial charge < -0.3 is 9.47 Å². The number of thiazole rings is 1. The van der Waals surface area contributed by atoms with Crippen LogP contribution in [0.1, 0.15) is 15.4 Å². The molecule has 2 aromatic carbocycles. The Hall–Kier alpha value is -2.11. The standard InChI is InChI=1S/C16H12ClNO3S/c1-20-12-5-3-9(7-13(12)21-2)15(19)16-18-11-8-10(17)4-6-14(11)22-16/h3-8H,1-2H3. The summed E-state index contributed by atoms with van der Waals surface area (Å²) in [5.74, 6) is 0.936. The molecule has 0 atom stereocenters. The van der Waals surface area contributed by atoms with Gasteiger partial charge in [0.25, 0.3) is 0 Å². The van der Waals surface area contributed by atoms with Crippen LogP contribution >= 0.6 is 22.9 Å². The van der Waals surface area contributed by atoms with E-state index in [0.29, 0.717) is 27.1 Å². The van der Waals surface area contributed by atoms with Crippen molar-refractivity contribution in [2.75, 3.05) is 14.2 Å². The first kappa shape index (κ1) is 14.8. The van der Waals surface area contributed by atoms with Crippen molar-refractivity contribution in [2.45, 2.75) is 0 Å². The molecule has 0 aliphatic heterocycles. The number of rotatable bonds is 4. The van der Waals surface area contributed by atoms with Gasteiger partial charge in [0.2, 0.25) is 5.78 Å². The molecule has 0 radical (unpaired) electrons. The molecule has 0 N–H and O–H groups in total. The van der Waals surface area contributed by atoms with Crippen LogP contribution in [0.15, 0.2) is 36.4 Å². The van der Waals surface area contributed by atoms with Gasteiger partial charge in [0, 0.05) is 10.6 Å². The Bertz CT molecular complexity index is 860. The van der Waals surface area contributed by atoms with E-state index < -0.39 is 0 Å². The summed E-state index contributed by atoms with van der Waals surface area (Å²) >= 11 is 7.29. The average Bonchev–Trinajstić information content (AvgIpc) is 2.96. The van der Waals surface area contributed by atoms with Gasteiger partial charge in [-0.2, -0.15) is 0 Å². The number of methoxy groups -OCH3 is 2. The molecule has 0 aliphatic carbocycles. The molecular weight excluding hydrogens is 322 g/mol. The second-order valence-corrected chi connectivity index (χ2v) is 6.00. The van der Waals surface area contributed by atoms with Gasteiger partial charge in [-0.1, -0.05) is 11.6 Å². The van der Waals surface area contributed by atoms with Crippen LogP contribution < -0.4 is 9.47 Å². The van der Waals surface area contributed by atoms with Crippen molar-refractivity contribution in [2.24, 2.45) is 0 Å². The molecule has 0 fully saturated rings. The largest absolute Gasteiger partial charge is 0.493 e. The lowest BCUT2D eigenvalue weighted by molar-refractivity contribution is 0.103. The molecule has 3 aromatic rings. The molecule has 1 aromatic heterocycles. The molecule has 0 amide bonds. The maximum absolute atomic E-state index is 12.6. The summed E-state index contributed by atoms with van der Waals surface area (Å²) in [6.45, 7) is 0. The summed E-state index contributed by atoms with van der Waals surface area (Å²) in [6, 6.07) is 10.4. The smallest absolute Gasteiger partial charge is 0.221 e. The summed E-state index contributed by atoms with van der Waals surface area (Å²) in [4.78, 5) is 16.9. The highest BCUT2D eigenvalue weighted by Gasteiger charge is 2.17. The fourth-order valence-corrected chi connectivity index (χ4v) is 3.17. The number of aromatic nitrogens is 1. The second kappa shape index (κ2) is 5.94. The molecule has 0 unspecified atom stereocenters. The predicted molar refractivity (Wildman–Crippen MR) is 87.6 cm³/mol. The van der Waals surface area contributed by atoms with Gasteiger partial charge in [-0.3, -0.25) is 4.79 Å². The van der Waals surface area contributed by atoms with Gasteiger partial charge in [-0.05, 0) is 36.4 Å². The third-order valence-corrected chi connectivity index (χ3v) is 4.46. The van der Waals surface area contributed by atoms with Crippen molar-refractivity contribution in [1.29, 1.82) is 0 Å². The SMILES string of the molecule is COc1ccc(C(=O)c2nc3cc(Cl)ccc3s2)cc1OC. The average molecular weight is 334 g/mol. The topological polar surface area (TPSA) is 48.4 Å². The Morgan fingerprint density at radius 2 is 1.86 bits per heavy atom. The number of ether oxygens (including phenoxy) is 2. The van der Waals surface area contributed by atoms with Crippen LogP contribution in [0.5, 0.6) is 11.5 Å². The Balaban J connectivity index is 2.01. The zero-order valence-corrected chi connectivity index (χ0v) is 13.5. The number of nitrogens with zero attached hydrogens (tertiary/aromatic N) is 1. The Labute approximate surface area is 136 Å². The Morgan fingerprint density at radius 3 is 2.59 bits per heavy atom. The first-order valence-electron chi connectivity index (χ1n) is 6.45. The van der Waals surface area contributed by atoms with Crippen molar-refractivity contribution in [1.82, 2.24) is 4.98 Å². The van der Waals surface area contributed by atoms with Crippen molar-refractivity contribution in [3.63, 3.8) is 0 Å². The Kier molecular flexibility index (Phi) is 4.00. The summed E-state index contributed by atoms with van der Waals surface area (Å²) in [6.07, 6.45) is 0. The quantitative estimate of drug-likeness (QED) is 0.671. The molecule has 0 aliphatic rings. The lowest BCUT2D eigenvalue weighted by atomic mass is 10.1. The molecule has 22 heavy (non-hydrogen) atoms. The highest BCUT2D eigenvalue weighted by molar-refractivity contribution is 7.20. The van der Waals surface area contributed by atoms with E-state index in [1.54, 1.807) is 37.4 Å². The molecular formula is C16H12ClNO3S. The molecule has 6 heteroatoms. The normalized spacial score (nSPS) is 10.7. The van der Waals surface area contributed by atoms with E-state index in [4.69, 9.17) is 21.1 Å². The third-order valence-electron chi connectivity index (χ3n) is 3.19. The summed E-state index contributed by atoms with van der Waals surface area (Å²) in [5, 5.41) is 1.02. The van der Waals surface area contributed by atoms with E-state index in [1.807, 2.05) is 6.07 Å². The third kappa shape index (κ3) is 2.65. The van der Waals surface area contributed by atoms with E-state index in [0.717, 1.165) is 10.2 Å². The first-order valence-corrected chi connectivity index (χ1v) is 7.64. The number of carbonyl (C=O) groups is 1. The van der Waals surface area contributed by atoms with E-state index >= 15 is 0 Å². The maximum atomic E-state index is 12.6. The number of benzene rings is 2. The molecule has 112 valence electrons. The van der Waals surface area contributed by atoms with Crippen LogP contribution in [-0.2, 0) is 0 Å². The van der Waals surface area contributed by atoms with E-state index in [2.05, 4.69) is 4.98 Å². The fourth-order valence-electron chi connectivity index (χ4n) is 2.10. The molecule has 0 bridgehead atoms. The van der Waals surface area contributed by atoms with Crippen LogP contribution in [0, 0.1) is 0 Å². The number of hydrogen-bond acceptors (Lipinski definition) is 5. The number of fused-ring (bicyclic) bond motifs is 1. The van der Waals surface area contributed by atoms with Gasteiger partial charge >= 0.3 is 0 Å². The number of halogens is 1. The number of carbonyl (C=O) groups excluding carboxylic acids is 1. The minimum absolute atomic E-state index is 0.154. The zero-order valence-electron chi connectivity index (χ0n) is 11.9. The molecule has 0 spiro atoms. The lowest BCUT2D eigenvalue weighted by Crippen LogP contribution is -2.01. The van der Waals surface area contributed by atoms with Crippen LogP contribution in [0.25, 0.3) is 10.2 Å². The van der Waals surface area contributed by atoms with E-state index in [9.17, 15) is 4.79 Å². The zero-order chi connectivity index (χ0) is 15.7. The maximum Gasteiger partial charge on any atom is 0.221 e. The molecule has 4 nitrogen and oxygen atoms in total. The number of ketones is 1. The molecule has 0 saturated carbocycles. The first-order chi connectivity index (χ1) is 10.6. The van der Waals surface area contributed by atoms with Crippen LogP contribution in [0.3, 0.4) is 0 Å². The summed E-state index contributed by atoms with van der Waals surface area (Å²) in [5.41, 5.74) is 1.23. The predicted octanol–water partition coefficient (Wildman–Crippen LogP) is 4.20. The molecule has 1 heterocycles. The van der Waals surface area contributed by atoms with E-state index in [-0.39, 0.29) is 5.78 Å². The van der Waals surface area contributed by atoms with Crippen molar-refractivity contribution in [3.05, 3.63) is 52.0 Å². The highest BCUT2D eigenvalue weighted by atomic mass is 35.5. The van der Waals surface area contributed by atoms with Crippen molar-refractivity contribution >= 4 is 38.9 Å². The van der Waals surface area contributed by atoms with Gasteiger partial charge in [-0.15, -0.1) is 11.3 Å². The fraction of sp³-hybridized carbons (Fsp3) is 0.125. The van der Waals surface area contributed by atoms with Crippen molar-refractivity contribution < 1.29 is 14.3 Å². The monoisotopic (exact) mass is 333 g/mol. The minimum Gasteiger partial charge on any atom is -0.493 e. The van der Waals surface area contributed by atoms with E-state index in [1.165, 1.54) is 18.4 Å². The summed E-state index contributed by atoms with van der Waals surface area (Å²) < 4.78 is 11.3. The van der Waals surface area contributed by atoms with Gasteiger partial charge in [0.15, 0.2) is 16.5 Å². The van der Waals surface area contributed by atoms with Gasteiger partial charge in [-0.25, -0.2) is 4.98 Å². The molecule has 3 rings (SSSR count).